The summed E-state index contributed by atoms with van der Waals surface area (Å²) in [6, 6.07) is 10.9. The van der Waals surface area contributed by atoms with Gasteiger partial charge in [-0.05, 0) is 58.4 Å². The average molecular weight is 608 g/mol. The summed E-state index contributed by atoms with van der Waals surface area (Å²) in [4.78, 5) is 7.13. The van der Waals surface area contributed by atoms with E-state index < -0.39 is 5.60 Å². The van der Waals surface area contributed by atoms with Crippen molar-refractivity contribution in [3.63, 3.8) is 0 Å². The molecule has 2 N–H and O–H groups in total. The van der Waals surface area contributed by atoms with E-state index in [0.29, 0.717) is 65.1 Å². The van der Waals surface area contributed by atoms with Gasteiger partial charge in [0.1, 0.15) is 39.9 Å². The molecule has 238 valence electrons. The molecule has 0 bridgehead atoms. The number of hydrogen-bond donors (Lipinski definition) is 2. The number of phenols is 1. The molecule has 11 nitrogen and oxygen atoms in total. The molecule has 0 unspecified atom stereocenters. The Morgan fingerprint density at radius 3 is 2.18 bits per heavy atom. The lowest BCUT2D eigenvalue weighted by atomic mass is 10.1. The monoisotopic (exact) mass is 607 g/mol. The Morgan fingerprint density at radius 1 is 0.932 bits per heavy atom. The largest absolute Gasteiger partial charge is 0.507 e. The fourth-order valence-electron chi connectivity index (χ4n) is 5.06. The number of imidazole rings is 1. The SMILES string of the molecule is CCCCc1nc2c(N(Cc3ccc(OC)cc3O)Cc3ccc(OC)cc3OC)nnc(OC(C)C)c2n1CC(C)(C)O. The highest BCUT2D eigenvalue weighted by Gasteiger charge is 2.28. The van der Waals surface area contributed by atoms with Crippen LogP contribution in [0.1, 0.15) is 64.4 Å². The van der Waals surface area contributed by atoms with Crippen LogP contribution in [0.5, 0.6) is 28.9 Å². The van der Waals surface area contributed by atoms with E-state index in [0.717, 1.165) is 24.2 Å². The lowest BCUT2D eigenvalue weighted by Gasteiger charge is -2.26. The van der Waals surface area contributed by atoms with E-state index in [4.69, 9.17) is 23.9 Å². The maximum absolute atomic E-state index is 10.9. The number of ether oxygens (including phenoxy) is 4. The Labute approximate surface area is 259 Å². The van der Waals surface area contributed by atoms with Crippen molar-refractivity contribution in [1.82, 2.24) is 19.7 Å². The van der Waals surface area contributed by atoms with Crippen molar-refractivity contribution in [2.75, 3.05) is 26.2 Å². The molecule has 11 heteroatoms. The molecule has 44 heavy (non-hydrogen) atoms. The predicted octanol–water partition coefficient (Wildman–Crippen LogP) is 5.67. The molecule has 0 atom stereocenters. The van der Waals surface area contributed by atoms with Crippen LogP contribution in [-0.4, -0.2) is 63.0 Å². The molecule has 4 rings (SSSR count). The zero-order valence-corrected chi connectivity index (χ0v) is 27.0. The van der Waals surface area contributed by atoms with E-state index in [1.807, 2.05) is 53.6 Å². The second-order valence-electron chi connectivity index (χ2n) is 11.8. The Kier molecular flexibility index (Phi) is 10.4. The second kappa shape index (κ2) is 14.0. The van der Waals surface area contributed by atoms with Crippen molar-refractivity contribution in [3.05, 3.63) is 53.3 Å². The maximum atomic E-state index is 10.9. The molecule has 0 fully saturated rings. The van der Waals surface area contributed by atoms with Gasteiger partial charge in [-0.25, -0.2) is 4.98 Å². The van der Waals surface area contributed by atoms with Crippen LogP contribution in [0.2, 0.25) is 0 Å². The molecule has 0 saturated carbocycles. The number of methoxy groups -OCH3 is 3. The second-order valence-corrected chi connectivity index (χ2v) is 11.8. The first kappa shape index (κ1) is 32.7. The third-order valence-electron chi connectivity index (χ3n) is 7.15. The van der Waals surface area contributed by atoms with Crippen LogP contribution in [0.25, 0.3) is 11.0 Å². The average Bonchev–Trinajstić information content (AvgIpc) is 3.33. The number of aliphatic hydroxyl groups is 1. The highest BCUT2D eigenvalue weighted by atomic mass is 16.5. The first-order chi connectivity index (χ1) is 21.0. The predicted molar refractivity (Wildman–Crippen MR) is 170 cm³/mol. The molecular formula is C33H45N5O6. The summed E-state index contributed by atoms with van der Waals surface area (Å²) in [5, 5.41) is 31.1. The summed E-state index contributed by atoms with van der Waals surface area (Å²) >= 11 is 0. The quantitative estimate of drug-likeness (QED) is 0.175. The van der Waals surface area contributed by atoms with Gasteiger partial charge in [0.05, 0.1) is 39.6 Å². The Hall–Kier alpha value is -4.25. The Bertz CT molecular complexity index is 1560. The van der Waals surface area contributed by atoms with E-state index >= 15 is 0 Å². The van der Waals surface area contributed by atoms with Gasteiger partial charge in [0.2, 0.25) is 0 Å². The molecule has 2 aromatic carbocycles. The van der Waals surface area contributed by atoms with Crippen LogP contribution >= 0.6 is 0 Å². The number of rotatable bonds is 15. The van der Waals surface area contributed by atoms with Crippen molar-refractivity contribution in [2.24, 2.45) is 0 Å². The van der Waals surface area contributed by atoms with Crippen molar-refractivity contribution < 1.29 is 29.2 Å². The molecule has 2 aromatic heterocycles. The van der Waals surface area contributed by atoms with E-state index in [2.05, 4.69) is 17.1 Å². The van der Waals surface area contributed by atoms with Gasteiger partial charge in [-0.1, -0.05) is 13.3 Å². The van der Waals surface area contributed by atoms with E-state index in [1.54, 1.807) is 41.2 Å². The number of fused-ring (bicyclic) bond motifs is 1. The molecule has 0 spiro atoms. The number of aryl methyl sites for hydroxylation is 1. The van der Waals surface area contributed by atoms with Crippen LogP contribution in [-0.2, 0) is 26.1 Å². The number of aromatic nitrogens is 4. The molecule has 0 saturated heterocycles. The topological polar surface area (TPSA) is 124 Å². The van der Waals surface area contributed by atoms with Crippen molar-refractivity contribution >= 4 is 16.9 Å². The van der Waals surface area contributed by atoms with Gasteiger partial charge in [0, 0.05) is 42.8 Å². The van der Waals surface area contributed by atoms with E-state index in [-0.39, 0.29) is 18.4 Å². The summed E-state index contributed by atoms with van der Waals surface area (Å²) in [6.07, 6.45) is 2.48. The van der Waals surface area contributed by atoms with Crippen LogP contribution in [0, 0.1) is 0 Å². The highest BCUT2D eigenvalue weighted by Crippen LogP contribution is 2.36. The molecule has 0 aliphatic heterocycles. The number of unbranched alkanes of at least 4 members (excludes halogenated alkanes) is 1. The zero-order chi connectivity index (χ0) is 32.0. The molecule has 0 aliphatic carbocycles. The fourth-order valence-corrected chi connectivity index (χ4v) is 5.06. The van der Waals surface area contributed by atoms with Crippen molar-refractivity contribution in [3.8, 4) is 28.9 Å². The minimum absolute atomic E-state index is 0.0937. The first-order valence-corrected chi connectivity index (χ1v) is 14.9. The first-order valence-electron chi connectivity index (χ1n) is 14.9. The summed E-state index contributed by atoms with van der Waals surface area (Å²) in [6.45, 7) is 10.5. The number of phenolic OH excluding ortho intramolecular Hbond substituents is 1. The van der Waals surface area contributed by atoms with Gasteiger partial charge in [-0.2, -0.15) is 0 Å². The summed E-state index contributed by atoms with van der Waals surface area (Å²) < 4.78 is 24.6. The van der Waals surface area contributed by atoms with Gasteiger partial charge >= 0.3 is 0 Å². The Balaban J connectivity index is 1.95. The van der Waals surface area contributed by atoms with Crippen LogP contribution in [0.3, 0.4) is 0 Å². The Morgan fingerprint density at radius 2 is 1.59 bits per heavy atom. The van der Waals surface area contributed by atoms with Crippen molar-refractivity contribution in [1.29, 1.82) is 0 Å². The maximum Gasteiger partial charge on any atom is 0.260 e. The van der Waals surface area contributed by atoms with Crippen LogP contribution in [0.4, 0.5) is 5.82 Å². The molecular weight excluding hydrogens is 562 g/mol. The number of anilines is 1. The smallest absolute Gasteiger partial charge is 0.260 e. The number of benzene rings is 2. The van der Waals surface area contributed by atoms with Gasteiger partial charge in [-0.3, -0.25) is 0 Å². The van der Waals surface area contributed by atoms with E-state index in [9.17, 15) is 10.2 Å². The van der Waals surface area contributed by atoms with E-state index in [1.165, 1.54) is 0 Å². The van der Waals surface area contributed by atoms with Crippen molar-refractivity contribution in [2.45, 2.75) is 85.2 Å². The van der Waals surface area contributed by atoms with Gasteiger partial charge in [0.25, 0.3) is 5.88 Å². The van der Waals surface area contributed by atoms with Crippen LogP contribution in [0.15, 0.2) is 36.4 Å². The number of nitrogens with zero attached hydrogens (tertiary/aromatic N) is 5. The lowest BCUT2D eigenvalue weighted by Crippen LogP contribution is -2.27. The normalized spacial score (nSPS) is 11.7. The fraction of sp³-hybridized carbons (Fsp3) is 0.485. The highest BCUT2D eigenvalue weighted by molar-refractivity contribution is 5.90. The number of hydrogen-bond acceptors (Lipinski definition) is 10. The third-order valence-corrected chi connectivity index (χ3v) is 7.15. The van der Waals surface area contributed by atoms with Gasteiger partial charge in [-0.15, -0.1) is 10.2 Å². The molecule has 4 aromatic rings. The van der Waals surface area contributed by atoms with Gasteiger partial charge < -0.3 is 38.6 Å². The molecule has 0 aliphatic rings. The molecule has 0 radical (unpaired) electrons. The molecule has 0 amide bonds. The summed E-state index contributed by atoms with van der Waals surface area (Å²) in [7, 11) is 4.79. The minimum atomic E-state index is -1.02. The number of aromatic hydroxyl groups is 1. The lowest BCUT2D eigenvalue weighted by molar-refractivity contribution is 0.0616. The summed E-state index contributed by atoms with van der Waals surface area (Å²) in [5.74, 6) is 3.66. The zero-order valence-electron chi connectivity index (χ0n) is 27.0. The van der Waals surface area contributed by atoms with Crippen LogP contribution < -0.4 is 23.8 Å². The molecule has 2 heterocycles. The van der Waals surface area contributed by atoms with Gasteiger partial charge in [0.15, 0.2) is 5.82 Å². The third kappa shape index (κ3) is 7.63. The standard InChI is InChI=1S/C33H45N5O6/c1-9-10-11-28-34-29-30(38(28)20-33(4,5)40)32(44-21(2)3)36-35-31(29)37(18-22-12-14-24(41-6)16-26(22)39)19-23-13-15-25(42-7)17-27(23)43-8/h12-17,21,39-40H,9-11,18-20H2,1-8H3. The minimum Gasteiger partial charge on any atom is -0.507 e. The summed E-state index contributed by atoms with van der Waals surface area (Å²) in [5.41, 5.74) is 1.80.